The highest BCUT2D eigenvalue weighted by Crippen LogP contribution is 2.52. The van der Waals surface area contributed by atoms with Gasteiger partial charge in [0.15, 0.2) is 0 Å². The molecule has 3 nitrogen and oxygen atoms in total. The molecular weight excluding hydrogens is 585 g/mol. The molecule has 0 spiro atoms. The molecule has 2 aliphatic carbocycles. The van der Waals surface area contributed by atoms with Gasteiger partial charge in [-0.2, -0.15) is 0 Å². The predicted molar refractivity (Wildman–Crippen MR) is 206 cm³/mol. The molecule has 1 heterocycles. The summed E-state index contributed by atoms with van der Waals surface area (Å²) in [7, 11) is 0. The first-order valence-electron chi connectivity index (χ1n) is 19.5. The summed E-state index contributed by atoms with van der Waals surface area (Å²) in [6.45, 7) is 18.4. The second kappa shape index (κ2) is 14.9. The van der Waals surface area contributed by atoms with Gasteiger partial charge in [-0.15, -0.1) is 0 Å². The number of para-hydroxylation sites is 1. The Bertz CT molecular complexity index is 1440. The zero-order chi connectivity index (χ0) is 34.1. The van der Waals surface area contributed by atoms with Crippen molar-refractivity contribution < 1.29 is 9.45 Å². The molecule has 4 heteroatoms. The summed E-state index contributed by atoms with van der Waals surface area (Å²) in [5, 5.41) is 0. The predicted octanol–water partition coefficient (Wildman–Crippen LogP) is 13.3. The molecular formula is C44H60BNO2. The van der Waals surface area contributed by atoms with E-state index in [1.807, 2.05) is 0 Å². The van der Waals surface area contributed by atoms with Crippen LogP contribution in [0, 0.1) is 5.92 Å². The van der Waals surface area contributed by atoms with Crippen LogP contribution in [0.1, 0.15) is 166 Å². The van der Waals surface area contributed by atoms with Crippen molar-refractivity contribution in [3.05, 3.63) is 76.9 Å². The van der Waals surface area contributed by atoms with Crippen molar-refractivity contribution in [2.24, 2.45) is 5.92 Å². The highest BCUT2D eigenvalue weighted by Gasteiger charge is 2.54. The van der Waals surface area contributed by atoms with Gasteiger partial charge in [0.25, 0.3) is 0 Å². The maximum Gasteiger partial charge on any atom is 0.396 e. The van der Waals surface area contributed by atoms with Crippen LogP contribution in [0.15, 0.2) is 54.6 Å². The van der Waals surface area contributed by atoms with E-state index in [1.165, 1.54) is 109 Å². The smallest absolute Gasteiger partial charge is 0.396 e. The van der Waals surface area contributed by atoms with Crippen LogP contribution < -0.4 is 4.90 Å². The molecule has 2 saturated carbocycles. The van der Waals surface area contributed by atoms with Gasteiger partial charge in [-0.05, 0) is 81.6 Å². The number of amides is 1. The van der Waals surface area contributed by atoms with Crippen LogP contribution in [0.2, 0.25) is 5.82 Å². The van der Waals surface area contributed by atoms with E-state index in [0.717, 1.165) is 5.69 Å². The van der Waals surface area contributed by atoms with Gasteiger partial charge in [0.2, 0.25) is 0 Å². The lowest BCUT2D eigenvalue weighted by molar-refractivity contribution is 0.213. The maximum absolute atomic E-state index is 14.8. The standard InChI is InChI=1S/C44H60BNO2/c1-28(2)34-22-15-23-35(29(3)4)40(34)38-26-17-27-39(41-36(30(5)6)24-16-25-37(41)31(7)8)42(38)46-43(32-18-11-9-12-19-32)45(48-44(46)47)33-20-13-10-14-21-33/h15-17,22-33,43H,9-14,18-21H2,1-8H3/t43-/m1/s1. The number of carbonyl (C=O) groups excluding carboxylic acids is 1. The zero-order valence-electron chi connectivity index (χ0n) is 31.1. The van der Waals surface area contributed by atoms with Gasteiger partial charge in [0.1, 0.15) is 0 Å². The monoisotopic (exact) mass is 645 g/mol. The van der Waals surface area contributed by atoms with Gasteiger partial charge in [-0.25, -0.2) is 4.79 Å². The first-order chi connectivity index (χ1) is 23.1. The van der Waals surface area contributed by atoms with Crippen LogP contribution in [-0.2, 0) is 4.65 Å². The van der Waals surface area contributed by atoms with Crippen LogP contribution in [0.3, 0.4) is 0 Å². The van der Waals surface area contributed by atoms with E-state index in [4.69, 9.17) is 4.65 Å². The number of benzene rings is 3. The maximum atomic E-state index is 14.8. The van der Waals surface area contributed by atoms with Gasteiger partial charge >= 0.3 is 13.0 Å². The molecule has 0 N–H and O–H groups in total. The van der Waals surface area contributed by atoms with E-state index in [9.17, 15) is 4.79 Å². The Kier molecular flexibility index (Phi) is 10.8. The fourth-order valence-corrected chi connectivity index (χ4v) is 9.48. The highest BCUT2D eigenvalue weighted by molar-refractivity contribution is 6.61. The molecule has 3 aliphatic rings. The Labute approximate surface area is 292 Å². The summed E-state index contributed by atoms with van der Waals surface area (Å²) in [6.07, 6.45) is 12.2. The number of nitrogens with zero attached hydrogens (tertiary/aromatic N) is 1. The topological polar surface area (TPSA) is 29.5 Å². The number of hydrogen-bond donors (Lipinski definition) is 0. The highest BCUT2D eigenvalue weighted by atomic mass is 16.5. The number of carbonyl (C=O) groups is 1. The second-order valence-corrected chi connectivity index (χ2v) is 16.4. The molecule has 0 unspecified atom stereocenters. The summed E-state index contributed by atoms with van der Waals surface area (Å²) in [5.41, 5.74) is 11.5. The van der Waals surface area contributed by atoms with Crippen molar-refractivity contribution in [2.45, 2.75) is 155 Å². The fourth-order valence-electron chi connectivity index (χ4n) is 9.48. The minimum Gasteiger partial charge on any atom is -0.518 e. The van der Waals surface area contributed by atoms with Crippen LogP contribution in [-0.4, -0.2) is 19.0 Å². The van der Waals surface area contributed by atoms with Crippen molar-refractivity contribution in [1.29, 1.82) is 0 Å². The van der Waals surface area contributed by atoms with Crippen molar-refractivity contribution >= 4 is 18.7 Å². The average molecular weight is 646 g/mol. The number of hydrogen-bond acceptors (Lipinski definition) is 2. The molecule has 1 atom stereocenters. The molecule has 3 aromatic carbocycles. The van der Waals surface area contributed by atoms with E-state index in [-0.39, 0.29) is 19.0 Å². The van der Waals surface area contributed by atoms with Crippen LogP contribution >= 0.6 is 0 Å². The fraction of sp³-hybridized carbons (Fsp3) is 0.568. The van der Waals surface area contributed by atoms with Crippen molar-refractivity contribution in [3.63, 3.8) is 0 Å². The lowest BCUT2D eigenvalue weighted by Gasteiger charge is -2.38. The van der Waals surface area contributed by atoms with E-state index in [0.29, 0.717) is 35.4 Å². The van der Waals surface area contributed by atoms with E-state index < -0.39 is 0 Å². The third-order valence-corrected chi connectivity index (χ3v) is 11.9. The summed E-state index contributed by atoms with van der Waals surface area (Å²) in [5.74, 6) is 2.34. The second-order valence-electron chi connectivity index (χ2n) is 16.4. The van der Waals surface area contributed by atoms with Gasteiger partial charge in [-0.1, -0.05) is 161 Å². The Balaban J connectivity index is 1.70. The molecule has 1 saturated heterocycles. The number of anilines is 1. The largest absolute Gasteiger partial charge is 0.518 e. The number of rotatable bonds is 9. The Morgan fingerprint density at radius 3 is 1.40 bits per heavy atom. The third kappa shape index (κ3) is 6.62. The average Bonchev–Trinajstić information content (AvgIpc) is 3.44. The molecule has 3 aromatic rings. The van der Waals surface area contributed by atoms with Crippen LogP contribution in [0.4, 0.5) is 10.5 Å². The Morgan fingerprint density at radius 2 is 0.979 bits per heavy atom. The lowest BCUT2D eigenvalue weighted by Crippen LogP contribution is -2.48. The molecule has 48 heavy (non-hydrogen) atoms. The van der Waals surface area contributed by atoms with E-state index in [1.54, 1.807) is 0 Å². The van der Waals surface area contributed by atoms with Crippen molar-refractivity contribution in [3.8, 4) is 22.3 Å². The lowest BCUT2D eigenvalue weighted by atomic mass is 9.44. The van der Waals surface area contributed by atoms with Crippen LogP contribution in [0.25, 0.3) is 22.3 Å². The van der Waals surface area contributed by atoms with E-state index >= 15 is 0 Å². The Hall–Kier alpha value is -3.01. The van der Waals surface area contributed by atoms with Crippen molar-refractivity contribution in [1.82, 2.24) is 0 Å². The van der Waals surface area contributed by atoms with Gasteiger partial charge in [-0.3, -0.25) is 4.90 Å². The molecule has 0 aromatic heterocycles. The molecule has 1 aliphatic heterocycles. The molecule has 3 fully saturated rings. The normalized spacial score (nSPS) is 19.8. The molecule has 0 radical (unpaired) electrons. The molecule has 6 rings (SSSR count). The summed E-state index contributed by atoms with van der Waals surface area (Å²) < 4.78 is 6.71. The SMILES string of the molecule is CC(C)c1cccc(C(C)C)c1-c1cccc(-c2c(C(C)C)cccc2C(C)C)c1N1C(=O)OB(C2CCCCC2)[C@H]1C1CCCCC1. The first kappa shape index (κ1) is 34.8. The summed E-state index contributed by atoms with van der Waals surface area (Å²) in [4.78, 5) is 17.1. The van der Waals surface area contributed by atoms with Crippen LogP contribution in [0.5, 0.6) is 0 Å². The van der Waals surface area contributed by atoms with Gasteiger partial charge in [0.05, 0.1) is 11.6 Å². The van der Waals surface area contributed by atoms with Gasteiger partial charge < -0.3 is 4.65 Å². The molecule has 1 amide bonds. The third-order valence-electron chi connectivity index (χ3n) is 11.9. The zero-order valence-corrected chi connectivity index (χ0v) is 31.1. The minimum atomic E-state index is -0.129. The quantitative estimate of drug-likeness (QED) is 0.217. The Morgan fingerprint density at radius 1 is 0.583 bits per heavy atom. The summed E-state index contributed by atoms with van der Waals surface area (Å²) in [6, 6.07) is 20.6. The van der Waals surface area contributed by atoms with E-state index in [2.05, 4.69) is 115 Å². The van der Waals surface area contributed by atoms with Gasteiger partial charge in [0, 0.05) is 11.1 Å². The molecule has 0 bridgehead atoms. The van der Waals surface area contributed by atoms with Crippen molar-refractivity contribution in [2.75, 3.05) is 4.90 Å². The molecule has 256 valence electrons. The summed E-state index contributed by atoms with van der Waals surface area (Å²) >= 11 is 0. The first-order valence-corrected chi connectivity index (χ1v) is 19.5. The minimum absolute atomic E-state index is 0.0448.